The van der Waals surface area contributed by atoms with Gasteiger partial charge in [0, 0.05) is 24.3 Å². The molecule has 1 fully saturated rings. The van der Waals surface area contributed by atoms with Crippen LogP contribution < -0.4 is 5.73 Å². The minimum Gasteiger partial charge on any atom is -0.399 e. The van der Waals surface area contributed by atoms with Crippen molar-refractivity contribution in [3.05, 3.63) is 29.3 Å². The number of hydrogen-bond acceptors (Lipinski definition) is 4. The molecule has 0 aromatic heterocycles. The third-order valence-electron chi connectivity index (χ3n) is 4.34. The summed E-state index contributed by atoms with van der Waals surface area (Å²) in [4.78, 5) is 2.35. The van der Waals surface area contributed by atoms with E-state index in [2.05, 4.69) is 17.0 Å². The predicted octanol–water partition coefficient (Wildman–Crippen LogP) is 1.38. The van der Waals surface area contributed by atoms with Gasteiger partial charge >= 0.3 is 0 Å². The lowest BCUT2D eigenvalue weighted by Crippen LogP contribution is -2.48. The molecule has 2 aliphatic rings. The van der Waals surface area contributed by atoms with Gasteiger partial charge in [0.1, 0.15) is 0 Å². The van der Waals surface area contributed by atoms with E-state index in [1.807, 2.05) is 13.0 Å². The Bertz CT molecular complexity index is 597. The SMILES string of the molecule is CC1CS(=O)(=O)CCN1C1CCc2cc(N)ccc21. The molecule has 0 spiro atoms. The third kappa shape index (κ3) is 2.37. The van der Waals surface area contributed by atoms with E-state index in [1.165, 1.54) is 11.1 Å². The first-order valence-electron chi connectivity index (χ1n) is 6.81. The monoisotopic (exact) mass is 280 g/mol. The molecule has 2 atom stereocenters. The third-order valence-corrected chi connectivity index (χ3v) is 6.13. The maximum absolute atomic E-state index is 11.7. The van der Waals surface area contributed by atoms with Crippen LogP contribution in [-0.4, -0.2) is 37.4 Å². The molecule has 1 aromatic rings. The van der Waals surface area contributed by atoms with E-state index in [0.717, 1.165) is 18.5 Å². The zero-order valence-electron chi connectivity index (χ0n) is 11.2. The molecule has 0 saturated carbocycles. The van der Waals surface area contributed by atoms with Gasteiger partial charge in [0.2, 0.25) is 0 Å². The molecule has 19 heavy (non-hydrogen) atoms. The van der Waals surface area contributed by atoms with E-state index in [9.17, 15) is 8.42 Å². The first-order chi connectivity index (χ1) is 8.96. The second-order valence-electron chi connectivity index (χ2n) is 5.71. The average Bonchev–Trinajstić information content (AvgIpc) is 2.71. The summed E-state index contributed by atoms with van der Waals surface area (Å²) in [6, 6.07) is 6.58. The fourth-order valence-electron chi connectivity index (χ4n) is 3.43. The number of anilines is 1. The van der Waals surface area contributed by atoms with Crippen LogP contribution in [0.3, 0.4) is 0 Å². The quantitative estimate of drug-likeness (QED) is 0.789. The van der Waals surface area contributed by atoms with Gasteiger partial charge in [0.25, 0.3) is 0 Å². The van der Waals surface area contributed by atoms with Gasteiger partial charge in [0.15, 0.2) is 9.84 Å². The summed E-state index contributed by atoms with van der Waals surface area (Å²) in [5.74, 6) is 0.575. The van der Waals surface area contributed by atoms with Gasteiger partial charge in [-0.3, -0.25) is 4.90 Å². The molecule has 5 heteroatoms. The van der Waals surface area contributed by atoms with E-state index in [4.69, 9.17) is 5.73 Å². The highest BCUT2D eigenvalue weighted by Gasteiger charge is 2.36. The average molecular weight is 280 g/mol. The Morgan fingerprint density at radius 3 is 2.89 bits per heavy atom. The van der Waals surface area contributed by atoms with Crippen molar-refractivity contribution in [1.82, 2.24) is 4.90 Å². The van der Waals surface area contributed by atoms with Crippen molar-refractivity contribution in [3.8, 4) is 0 Å². The van der Waals surface area contributed by atoms with Crippen LogP contribution in [0.4, 0.5) is 5.69 Å². The van der Waals surface area contributed by atoms with Gasteiger partial charge in [0.05, 0.1) is 11.5 Å². The number of hydrogen-bond donors (Lipinski definition) is 1. The van der Waals surface area contributed by atoms with Gasteiger partial charge in [-0.15, -0.1) is 0 Å². The second kappa shape index (κ2) is 4.49. The molecular formula is C14H20N2O2S. The van der Waals surface area contributed by atoms with Crippen molar-refractivity contribution in [2.24, 2.45) is 0 Å². The van der Waals surface area contributed by atoms with Gasteiger partial charge in [-0.05, 0) is 43.0 Å². The number of rotatable bonds is 1. The number of nitrogens with zero attached hydrogens (tertiary/aromatic N) is 1. The van der Waals surface area contributed by atoms with Crippen molar-refractivity contribution in [2.75, 3.05) is 23.8 Å². The van der Waals surface area contributed by atoms with Crippen LogP contribution in [0.5, 0.6) is 0 Å². The molecule has 0 radical (unpaired) electrons. The second-order valence-corrected chi connectivity index (χ2v) is 7.94. The van der Waals surface area contributed by atoms with E-state index in [-0.39, 0.29) is 17.5 Å². The maximum atomic E-state index is 11.7. The Hall–Kier alpha value is -1.07. The lowest BCUT2D eigenvalue weighted by molar-refractivity contribution is 0.157. The molecule has 1 aliphatic carbocycles. The molecule has 0 amide bonds. The number of aryl methyl sites for hydroxylation is 1. The van der Waals surface area contributed by atoms with Crippen LogP contribution >= 0.6 is 0 Å². The van der Waals surface area contributed by atoms with Crippen LogP contribution in [0, 0.1) is 0 Å². The Morgan fingerprint density at radius 2 is 2.16 bits per heavy atom. The van der Waals surface area contributed by atoms with E-state index in [0.29, 0.717) is 12.6 Å². The molecule has 0 bridgehead atoms. The van der Waals surface area contributed by atoms with Gasteiger partial charge in [-0.1, -0.05) is 6.07 Å². The Balaban J connectivity index is 1.86. The van der Waals surface area contributed by atoms with Crippen molar-refractivity contribution >= 4 is 15.5 Å². The van der Waals surface area contributed by atoms with E-state index >= 15 is 0 Å². The van der Waals surface area contributed by atoms with Crippen molar-refractivity contribution < 1.29 is 8.42 Å². The molecule has 1 heterocycles. The summed E-state index contributed by atoms with van der Waals surface area (Å²) in [7, 11) is -2.84. The topological polar surface area (TPSA) is 63.4 Å². The first kappa shape index (κ1) is 12.9. The number of nitrogens with two attached hydrogens (primary N) is 1. The minimum absolute atomic E-state index is 0.104. The lowest BCUT2D eigenvalue weighted by atomic mass is 10.0. The van der Waals surface area contributed by atoms with Crippen LogP contribution in [0.1, 0.15) is 30.5 Å². The Labute approximate surface area is 114 Å². The summed E-state index contributed by atoms with van der Waals surface area (Å²) >= 11 is 0. The molecule has 1 saturated heterocycles. The van der Waals surface area contributed by atoms with Gasteiger partial charge < -0.3 is 5.73 Å². The standard InChI is InChI=1S/C14H20N2O2S/c1-10-9-19(17,18)7-6-16(10)14-5-2-11-8-12(15)3-4-13(11)14/h3-4,8,10,14H,2,5-7,9,15H2,1H3. The normalized spacial score (nSPS) is 30.2. The Morgan fingerprint density at radius 1 is 1.37 bits per heavy atom. The lowest BCUT2D eigenvalue weighted by Gasteiger charge is -2.38. The fraction of sp³-hybridized carbons (Fsp3) is 0.571. The van der Waals surface area contributed by atoms with Crippen molar-refractivity contribution in [3.63, 3.8) is 0 Å². The number of fused-ring (bicyclic) bond motifs is 1. The molecule has 1 aromatic carbocycles. The summed E-state index contributed by atoms with van der Waals surface area (Å²) in [6.07, 6.45) is 2.12. The van der Waals surface area contributed by atoms with Gasteiger partial charge in [-0.2, -0.15) is 0 Å². The minimum atomic E-state index is -2.84. The van der Waals surface area contributed by atoms with E-state index in [1.54, 1.807) is 0 Å². The van der Waals surface area contributed by atoms with Crippen LogP contribution in [-0.2, 0) is 16.3 Å². The van der Waals surface area contributed by atoms with Crippen molar-refractivity contribution in [2.45, 2.75) is 31.8 Å². The Kier molecular flexibility index (Phi) is 3.06. The predicted molar refractivity (Wildman–Crippen MR) is 76.7 cm³/mol. The highest BCUT2D eigenvalue weighted by Crippen LogP contribution is 2.38. The fourth-order valence-corrected chi connectivity index (χ4v) is 5.02. The van der Waals surface area contributed by atoms with Crippen LogP contribution in [0.15, 0.2) is 18.2 Å². The highest BCUT2D eigenvalue weighted by atomic mass is 32.2. The molecular weight excluding hydrogens is 260 g/mol. The zero-order chi connectivity index (χ0) is 13.6. The largest absolute Gasteiger partial charge is 0.399 e. The molecule has 3 rings (SSSR count). The smallest absolute Gasteiger partial charge is 0.153 e. The summed E-state index contributed by atoms with van der Waals surface area (Å²) in [5.41, 5.74) is 9.30. The molecule has 2 N–H and O–H groups in total. The summed E-state index contributed by atoms with van der Waals surface area (Å²) in [5, 5.41) is 0. The molecule has 4 nitrogen and oxygen atoms in total. The number of nitrogen functional groups attached to an aromatic ring is 1. The summed E-state index contributed by atoms with van der Waals surface area (Å²) in [6.45, 7) is 2.67. The van der Waals surface area contributed by atoms with Crippen molar-refractivity contribution in [1.29, 1.82) is 0 Å². The number of benzene rings is 1. The molecule has 2 unspecified atom stereocenters. The zero-order valence-corrected chi connectivity index (χ0v) is 12.0. The first-order valence-corrected chi connectivity index (χ1v) is 8.63. The van der Waals surface area contributed by atoms with Crippen LogP contribution in [0.25, 0.3) is 0 Å². The summed E-state index contributed by atoms with van der Waals surface area (Å²) < 4.78 is 23.3. The van der Waals surface area contributed by atoms with Gasteiger partial charge in [-0.25, -0.2) is 8.42 Å². The molecule has 1 aliphatic heterocycles. The maximum Gasteiger partial charge on any atom is 0.153 e. The highest BCUT2D eigenvalue weighted by molar-refractivity contribution is 7.91. The molecule has 104 valence electrons. The van der Waals surface area contributed by atoms with E-state index < -0.39 is 9.84 Å². The van der Waals surface area contributed by atoms with Crippen LogP contribution in [0.2, 0.25) is 0 Å². The number of sulfone groups is 1.